The van der Waals surface area contributed by atoms with E-state index in [-0.39, 0.29) is 17.8 Å². The Morgan fingerprint density at radius 2 is 2.24 bits per heavy atom. The summed E-state index contributed by atoms with van der Waals surface area (Å²) >= 11 is 0. The highest BCUT2D eigenvalue weighted by molar-refractivity contribution is 5.86. The Kier molecular flexibility index (Phi) is 3.38. The van der Waals surface area contributed by atoms with E-state index >= 15 is 0 Å². The average molecular weight is 241 g/mol. The van der Waals surface area contributed by atoms with Crippen LogP contribution in [0.5, 0.6) is 0 Å². The molecule has 5 nitrogen and oxygen atoms in total. The molecule has 2 fully saturated rings. The van der Waals surface area contributed by atoms with Gasteiger partial charge >= 0.3 is 5.97 Å². The third-order valence-electron chi connectivity index (χ3n) is 3.68. The summed E-state index contributed by atoms with van der Waals surface area (Å²) in [5, 5.41) is 0. The first kappa shape index (κ1) is 12.4. The number of hydrogen-bond donors (Lipinski definition) is 0. The van der Waals surface area contributed by atoms with Gasteiger partial charge in [0, 0.05) is 19.7 Å². The summed E-state index contributed by atoms with van der Waals surface area (Å²) < 4.78 is 10.2. The van der Waals surface area contributed by atoms with Gasteiger partial charge in [-0.3, -0.25) is 9.59 Å². The minimum atomic E-state index is -0.676. The monoisotopic (exact) mass is 241 g/mol. The Labute approximate surface area is 101 Å². The maximum atomic E-state index is 12.3. The maximum Gasteiger partial charge on any atom is 0.310 e. The van der Waals surface area contributed by atoms with Crippen molar-refractivity contribution in [2.24, 2.45) is 5.92 Å². The number of amides is 1. The van der Waals surface area contributed by atoms with Crippen LogP contribution in [0.25, 0.3) is 0 Å². The van der Waals surface area contributed by atoms with Crippen LogP contribution in [0.1, 0.15) is 26.2 Å². The van der Waals surface area contributed by atoms with Gasteiger partial charge in [-0.1, -0.05) is 0 Å². The van der Waals surface area contributed by atoms with Crippen LogP contribution in [0.3, 0.4) is 0 Å². The van der Waals surface area contributed by atoms with Crippen molar-refractivity contribution in [1.82, 2.24) is 4.90 Å². The van der Waals surface area contributed by atoms with Crippen molar-refractivity contribution >= 4 is 11.9 Å². The van der Waals surface area contributed by atoms with E-state index in [9.17, 15) is 9.59 Å². The topological polar surface area (TPSA) is 55.8 Å². The van der Waals surface area contributed by atoms with E-state index in [1.54, 1.807) is 4.90 Å². The molecule has 2 atom stereocenters. The molecule has 2 aliphatic heterocycles. The fourth-order valence-corrected chi connectivity index (χ4v) is 2.59. The van der Waals surface area contributed by atoms with E-state index in [1.807, 2.05) is 6.92 Å². The van der Waals surface area contributed by atoms with Gasteiger partial charge in [-0.25, -0.2) is 0 Å². The lowest BCUT2D eigenvalue weighted by molar-refractivity contribution is -0.151. The number of carbonyl (C=O) groups excluding carboxylic acids is 2. The zero-order chi connectivity index (χ0) is 12.5. The lowest BCUT2D eigenvalue weighted by Gasteiger charge is -2.28. The molecule has 5 heteroatoms. The van der Waals surface area contributed by atoms with Crippen LogP contribution in [0.15, 0.2) is 0 Å². The van der Waals surface area contributed by atoms with Gasteiger partial charge in [0.05, 0.1) is 13.0 Å². The van der Waals surface area contributed by atoms with Gasteiger partial charge in [0.1, 0.15) is 5.60 Å². The van der Waals surface area contributed by atoms with Gasteiger partial charge in [-0.05, 0) is 26.2 Å². The number of esters is 1. The van der Waals surface area contributed by atoms with E-state index in [1.165, 1.54) is 7.11 Å². The molecule has 2 unspecified atom stereocenters. The number of likely N-dealkylation sites (tertiary alicyclic amines) is 1. The SMILES string of the molecule is COC(=O)C1CCN(C(=O)C2(C)CCCO2)C1. The second-order valence-electron chi connectivity index (χ2n) is 4.94. The Bertz CT molecular complexity index is 322. The summed E-state index contributed by atoms with van der Waals surface area (Å²) in [5.41, 5.74) is -0.676. The Morgan fingerprint density at radius 1 is 1.47 bits per heavy atom. The molecular weight excluding hydrogens is 222 g/mol. The van der Waals surface area contributed by atoms with E-state index in [0.29, 0.717) is 26.1 Å². The van der Waals surface area contributed by atoms with E-state index in [4.69, 9.17) is 9.47 Å². The number of methoxy groups -OCH3 is 1. The fourth-order valence-electron chi connectivity index (χ4n) is 2.59. The molecule has 2 aliphatic rings. The molecule has 96 valence electrons. The minimum Gasteiger partial charge on any atom is -0.469 e. The van der Waals surface area contributed by atoms with Crippen molar-refractivity contribution in [2.45, 2.75) is 31.8 Å². The molecule has 17 heavy (non-hydrogen) atoms. The second kappa shape index (κ2) is 4.64. The van der Waals surface area contributed by atoms with Gasteiger partial charge in [-0.2, -0.15) is 0 Å². The highest BCUT2D eigenvalue weighted by Crippen LogP contribution is 2.29. The lowest BCUT2D eigenvalue weighted by atomic mass is 10.0. The highest BCUT2D eigenvalue weighted by atomic mass is 16.5. The highest BCUT2D eigenvalue weighted by Gasteiger charge is 2.43. The summed E-state index contributed by atoms with van der Waals surface area (Å²) in [4.78, 5) is 25.4. The quantitative estimate of drug-likeness (QED) is 0.663. The number of ether oxygens (including phenoxy) is 2. The summed E-state index contributed by atoms with van der Waals surface area (Å²) in [5.74, 6) is -0.381. The normalized spacial score (nSPS) is 32.8. The van der Waals surface area contributed by atoms with Crippen LogP contribution < -0.4 is 0 Å². The predicted octanol–water partition coefficient (Wildman–Crippen LogP) is 0.577. The third-order valence-corrected chi connectivity index (χ3v) is 3.68. The molecule has 0 aliphatic carbocycles. The molecule has 0 bridgehead atoms. The summed E-state index contributed by atoms with van der Waals surface area (Å²) in [6.07, 6.45) is 2.39. The van der Waals surface area contributed by atoms with Gasteiger partial charge in [0.15, 0.2) is 0 Å². The average Bonchev–Trinajstić information content (AvgIpc) is 2.96. The molecule has 2 saturated heterocycles. The lowest BCUT2D eigenvalue weighted by Crippen LogP contribution is -2.46. The van der Waals surface area contributed by atoms with Crippen molar-refractivity contribution in [2.75, 3.05) is 26.8 Å². The Balaban J connectivity index is 1.96. The minimum absolute atomic E-state index is 0.0152. The summed E-state index contributed by atoms with van der Waals surface area (Å²) in [7, 11) is 1.38. The molecule has 0 aromatic heterocycles. The van der Waals surface area contributed by atoms with Crippen molar-refractivity contribution in [3.63, 3.8) is 0 Å². The number of carbonyl (C=O) groups is 2. The molecular formula is C12H19NO4. The zero-order valence-corrected chi connectivity index (χ0v) is 10.4. The van der Waals surface area contributed by atoms with Gasteiger partial charge in [-0.15, -0.1) is 0 Å². The van der Waals surface area contributed by atoms with Crippen LogP contribution >= 0.6 is 0 Å². The molecule has 2 rings (SSSR count). The molecule has 1 amide bonds. The number of rotatable bonds is 2. The summed E-state index contributed by atoms with van der Waals surface area (Å²) in [6.45, 7) is 3.58. The Morgan fingerprint density at radius 3 is 2.82 bits per heavy atom. The first-order valence-corrected chi connectivity index (χ1v) is 6.08. The molecule has 0 aromatic carbocycles. The van der Waals surface area contributed by atoms with Gasteiger partial charge in [0.2, 0.25) is 0 Å². The van der Waals surface area contributed by atoms with Gasteiger partial charge < -0.3 is 14.4 Å². The molecule has 0 N–H and O–H groups in total. The molecule has 0 aromatic rings. The smallest absolute Gasteiger partial charge is 0.310 e. The predicted molar refractivity (Wildman–Crippen MR) is 60.3 cm³/mol. The van der Waals surface area contributed by atoms with Crippen LogP contribution in [-0.4, -0.2) is 49.2 Å². The van der Waals surface area contributed by atoms with Crippen molar-refractivity contribution in [1.29, 1.82) is 0 Å². The second-order valence-corrected chi connectivity index (χ2v) is 4.94. The number of hydrogen-bond acceptors (Lipinski definition) is 4. The molecule has 0 saturated carbocycles. The molecule has 0 spiro atoms. The van der Waals surface area contributed by atoms with Crippen LogP contribution in [-0.2, 0) is 19.1 Å². The summed E-state index contributed by atoms with van der Waals surface area (Å²) in [6, 6.07) is 0. The Hall–Kier alpha value is -1.10. The number of nitrogens with zero attached hydrogens (tertiary/aromatic N) is 1. The van der Waals surface area contributed by atoms with Gasteiger partial charge in [0.25, 0.3) is 5.91 Å². The van der Waals surface area contributed by atoms with E-state index in [0.717, 1.165) is 12.8 Å². The third kappa shape index (κ3) is 2.29. The molecule has 0 radical (unpaired) electrons. The first-order valence-electron chi connectivity index (χ1n) is 6.08. The van der Waals surface area contributed by atoms with Crippen molar-refractivity contribution in [3.8, 4) is 0 Å². The molecule has 2 heterocycles. The van der Waals surface area contributed by atoms with E-state index in [2.05, 4.69) is 0 Å². The van der Waals surface area contributed by atoms with Crippen molar-refractivity contribution in [3.05, 3.63) is 0 Å². The van der Waals surface area contributed by atoms with E-state index < -0.39 is 5.60 Å². The van der Waals surface area contributed by atoms with Crippen LogP contribution in [0.4, 0.5) is 0 Å². The largest absolute Gasteiger partial charge is 0.469 e. The zero-order valence-electron chi connectivity index (χ0n) is 10.4. The van der Waals surface area contributed by atoms with Crippen molar-refractivity contribution < 1.29 is 19.1 Å². The van der Waals surface area contributed by atoms with Crippen LogP contribution in [0.2, 0.25) is 0 Å². The van der Waals surface area contributed by atoms with Crippen LogP contribution in [0, 0.1) is 5.92 Å². The fraction of sp³-hybridized carbons (Fsp3) is 0.833. The first-order chi connectivity index (χ1) is 8.07. The standard InChI is InChI=1S/C12H19NO4/c1-12(5-3-7-17-12)11(15)13-6-4-9(8-13)10(14)16-2/h9H,3-8H2,1-2H3. The maximum absolute atomic E-state index is 12.3.